The Balaban J connectivity index is 2.34. The van der Waals surface area contributed by atoms with Gasteiger partial charge in [-0.05, 0) is 35.2 Å². The average molecular weight is 335 g/mol. The number of ether oxygens (including phenoxy) is 1. The standard InChI is InChI=1S/C16H15BrO3/c1-20-9-8-11-2-4-12(5-3-11)14-7-6-13(17)10-15(14)16(18)19/h2-7,10H,8-9H2,1H3,(H,18,19). The minimum Gasteiger partial charge on any atom is -0.478 e. The Kier molecular flexibility index (Phi) is 4.93. The van der Waals surface area contributed by atoms with Crippen molar-refractivity contribution >= 4 is 21.9 Å². The molecule has 104 valence electrons. The van der Waals surface area contributed by atoms with Gasteiger partial charge in [-0.15, -0.1) is 0 Å². The summed E-state index contributed by atoms with van der Waals surface area (Å²) in [6, 6.07) is 13.2. The van der Waals surface area contributed by atoms with E-state index < -0.39 is 5.97 Å². The molecule has 0 atom stereocenters. The van der Waals surface area contributed by atoms with Crippen LogP contribution in [0.1, 0.15) is 15.9 Å². The molecule has 0 aliphatic heterocycles. The maximum atomic E-state index is 11.3. The SMILES string of the molecule is COCCc1ccc(-c2ccc(Br)cc2C(=O)O)cc1. The average Bonchev–Trinajstić information content (AvgIpc) is 2.45. The molecule has 0 bridgehead atoms. The first kappa shape index (κ1) is 14.8. The second-order valence-corrected chi connectivity index (χ2v) is 5.35. The predicted octanol–water partition coefficient (Wildman–Crippen LogP) is 4.00. The van der Waals surface area contributed by atoms with Gasteiger partial charge in [-0.3, -0.25) is 0 Å². The number of rotatable bonds is 5. The number of hydrogen-bond donors (Lipinski definition) is 1. The van der Waals surface area contributed by atoms with E-state index in [1.807, 2.05) is 36.4 Å². The number of benzene rings is 2. The molecular weight excluding hydrogens is 320 g/mol. The molecule has 3 nitrogen and oxygen atoms in total. The number of aromatic carboxylic acids is 1. The largest absolute Gasteiger partial charge is 0.478 e. The minimum atomic E-state index is -0.926. The topological polar surface area (TPSA) is 46.5 Å². The van der Waals surface area contributed by atoms with Crippen molar-refractivity contribution in [3.8, 4) is 11.1 Å². The van der Waals surface area contributed by atoms with Crippen molar-refractivity contribution in [2.24, 2.45) is 0 Å². The molecular formula is C16H15BrO3. The number of methoxy groups -OCH3 is 1. The molecule has 0 heterocycles. The second-order valence-electron chi connectivity index (χ2n) is 4.43. The zero-order chi connectivity index (χ0) is 14.5. The summed E-state index contributed by atoms with van der Waals surface area (Å²) in [5.41, 5.74) is 3.09. The van der Waals surface area contributed by atoms with Gasteiger partial charge in [-0.2, -0.15) is 0 Å². The fourth-order valence-electron chi connectivity index (χ4n) is 2.02. The van der Waals surface area contributed by atoms with Crippen molar-refractivity contribution in [1.82, 2.24) is 0 Å². The lowest BCUT2D eigenvalue weighted by Gasteiger charge is -2.08. The molecule has 2 aromatic carbocycles. The van der Waals surface area contributed by atoms with Crippen LogP contribution in [0.3, 0.4) is 0 Å². The van der Waals surface area contributed by atoms with E-state index in [0.29, 0.717) is 12.2 Å². The highest BCUT2D eigenvalue weighted by atomic mass is 79.9. The summed E-state index contributed by atoms with van der Waals surface area (Å²) in [6.45, 7) is 0.679. The fraction of sp³-hybridized carbons (Fsp3) is 0.188. The zero-order valence-corrected chi connectivity index (χ0v) is 12.7. The van der Waals surface area contributed by atoms with Crippen LogP contribution in [0, 0.1) is 0 Å². The first-order valence-corrected chi connectivity index (χ1v) is 7.02. The van der Waals surface area contributed by atoms with Gasteiger partial charge in [-0.25, -0.2) is 4.79 Å². The van der Waals surface area contributed by atoms with Crippen molar-refractivity contribution in [3.63, 3.8) is 0 Å². The lowest BCUT2D eigenvalue weighted by atomic mass is 9.98. The summed E-state index contributed by atoms with van der Waals surface area (Å²) in [6.07, 6.45) is 0.850. The highest BCUT2D eigenvalue weighted by molar-refractivity contribution is 9.10. The molecule has 2 rings (SSSR count). The van der Waals surface area contributed by atoms with E-state index in [1.165, 1.54) is 5.56 Å². The molecule has 0 amide bonds. The smallest absolute Gasteiger partial charge is 0.336 e. The van der Waals surface area contributed by atoms with Gasteiger partial charge in [0.05, 0.1) is 12.2 Å². The summed E-state index contributed by atoms with van der Waals surface area (Å²) >= 11 is 3.30. The molecule has 0 aromatic heterocycles. The lowest BCUT2D eigenvalue weighted by molar-refractivity contribution is 0.0697. The van der Waals surface area contributed by atoms with Crippen LogP contribution in [0.15, 0.2) is 46.9 Å². The van der Waals surface area contributed by atoms with Gasteiger partial charge in [0.25, 0.3) is 0 Å². The highest BCUT2D eigenvalue weighted by Gasteiger charge is 2.12. The fourth-order valence-corrected chi connectivity index (χ4v) is 2.38. The summed E-state index contributed by atoms with van der Waals surface area (Å²) < 4.78 is 5.80. The van der Waals surface area contributed by atoms with Crippen molar-refractivity contribution < 1.29 is 14.6 Å². The van der Waals surface area contributed by atoms with Crippen LogP contribution in [0.5, 0.6) is 0 Å². The van der Waals surface area contributed by atoms with Crippen LogP contribution in [0.4, 0.5) is 0 Å². The Morgan fingerprint density at radius 2 is 1.90 bits per heavy atom. The third-order valence-electron chi connectivity index (χ3n) is 3.07. The van der Waals surface area contributed by atoms with Gasteiger partial charge < -0.3 is 9.84 Å². The summed E-state index contributed by atoms with van der Waals surface area (Å²) in [5, 5.41) is 9.28. The Morgan fingerprint density at radius 3 is 2.50 bits per heavy atom. The van der Waals surface area contributed by atoms with Crippen molar-refractivity contribution in [1.29, 1.82) is 0 Å². The molecule has 1 N–H and O–H groups in total. The van der Waals surface area contributed by atoms with E-state index >= 15 is 0 Å². The molecule has 0 saturated carbocycles. The maximum absolute atomic E-state index is 11.3. The maximum Gasteiger partial charge on any atom is 0.336 e. The number of carboxylic acid groups (broad SMARTS) is 1. The Morgan fingerprint density at radius 1 is 1.20 bits per heavy atom. The van der Waals surface area contributed by atoms with Crippen LogP contribution in [0.2, 0.25) is 0 Å². The first-order valence-electron chi connectivity index (χ1n) is 6.23. The van der Waals surface area contributed by atoms with Gasteiger partial charge >= 0.3 is 5.97 Å². The molecule has 0 aliphatic rings. The lowest BCUT2D eigenvalue weighted by Crippen LogP contribution is -2.00. The van der Waals surface area contributed by atoms with Crippen molar-refractivity contribution in [2.75, 3.05) is 13.7 Å². The number of carboxylic acids is 1. The van der Waals surface area contributed by atoms with E-state index in [-0.39, 0.29) is 0 Å². The molecule has 2 aromatic rings. The van der Waals surface area contributed by atoms with E-state index in [2.05, 4.69) is 15.9 Å². The molecule has 0 saturated heterocycles. The molecule has 0 radical (unpaired) electrons. The predicted molar refractivity (Wildman–Crippen MR) is 82.1 cm³/mol. The number of carbonyl (C=O) groups is 1. The van der Waals surface area contributed by atoms with E-state index in [4.69, 9.17) is 4.74 Å². The van der Waals surface area contributed by atoms with Crippen LogP contribution in [-0.4, -0.2) is 24.8 Å². The van der Waals surface area contributed by atoms with Crippen LogP contribution in [0.25, 0.3) is 11.1 Å². The minimum absolute atomic E-state index is 0.295. The van der Waals surface area contributed by atoms with Crippen LogP contribution in [-0.2, 0) is 11.2 Å². The van der Waals surface area contributed by atoms with Gasteiger partial charge in [0.1, 0.15) is 0 Å². The number of hydrogen-bond acceptors (Lipinski definition) is 2. The Hall–Kier alpha value is -1.65. The Bertz CT molecular complexity index is 606. The van der Waals surface area contributed by atoms with Crippen molar-refractivity contribution in [3.05, 3.63) is 58.1 Å². The third kappa shape index (κ3) is 3.46. The summed E-state index contributed by atoms with van der Waals surface area (Å²) in [5.74, 6) is -0.926. The highest BCUT2D eigenvalue weighted by Crippen LogP contribution is 2.27. The van der Waals surface area contributed by atoms with Gasteiger partial charge in [0.15, 0.2) is 0 Å². The summed E-state index contributed by atoms with van der Waals surface area (Å²) in [4.78, 5) is 11.3. The van der Waals surface area contributed by atoms with Crippen LogP contribution >= 0.6 is 15.9 Å². The normalized spacial score (nSPS) is 10.5. The molecule has 20 heavy (non-hydrogen) atoms. The summed E-state index contributed by atoms with van der Waals surface area (Å²) in [7, 11) is 1.68. The van der Waals surface area contributed by atoms with Gasteiger partial charge in [0.2, 0.25) is 0 Å². The molecule has 0 aliphatic carbocycles. The molecule has 0 unspecified atom stereocenters. The quantitative estimate of drug-likeness (QED) is 0.898. The van der Waals surface area contributed by atoms with Crippen LogP contribution < -0.4 is 0 Å². The molecule has 0 spiro atoms. The second kappa shape index (κ2) is 6.68. The van der Waals surface area contributed by atoms with E-state index in [1.54, 1.807) is 13.2 Å². The Labute approximate surface area is 126 Å². The first-order chi connectivity index (χ1) is 9.61. The van der Waals surface area contributed by atoms with Crippen molar-refractivity contribution in [2.45, 2.75) is 6.42 Å². The monoisotopic (exact) mass is 334 g/mol. The molecule has 0 fully saturated rings. The number of halogens is 1. The van der Waals surface area contributed by atoms with Gasteiger partial charge in [-0.1, -0.05) is 46.3 Å². The van der Waals surface area contributed by atoms with E-state index in [9.17, 15) is 9.90 Å². The molecule has 4 heteroatoms. The third-order valence-corrected chi connectivity index (χ3v) is 3.57. The van der Waals surface area contributed by atoms with Gasteiger partial charge in [0, 0.05) is 11.6 Å². The zero-order valence-electron chi connectivity index (χ0n) is 11.1. The van der Waals surface area contributed by atoms with E-state index in [0.717, 1.165) is 22.0 Å².